The summed E-state index contributed by atoms with van der Waals surface area (Å²) < 4.78 is 12.5. The van der Waals surface area contributed by atoms with Crippen LogP contribution in [0.3, 0.4) is 0 Å². The third-order valence-corrected chi connectivity index (χ3v) is 5.01. The second kappa shape index (κ2) is 7.83. The van der Waals surface area contributed by atoms with E-state index in [0.717, 1.165) is 0 Å². The summed E-state index contributed by atoms with van der Waals surface area (Å²) in [6.07, 6.45) is 0. The number of amides is 1. The van der Waals surface area contributed by atoms with Crippen LogP contribution in [0.4, 0.5) is 0 Å². The predicted molar refractivity (Wildman–Crippen MR) is 115 cm³/mol. The lowest BCUT2D eigenvalue weighted by Crippen LogP contribution is -2.12. The van der Waals surface area contributed by atoms with E-state index in [4.69, 9.17) is 15.2 Å². The predicted octanol–water partition coefficient (Wildman–Crippen LogP) is 3.51. The van der Waals surface area contributed by atoms with Crippen LogP contribution >= 0.6 is 0 Å². The van der Waals surface area contributed by atoms with E-state index >= 15 is 0 Å². The standard InChI is InChI=1S/C23H19N3O5/c1-30-19-8-5-9-20(31-2)21(19)18-12-16(23(28)29)25-26(18)17-11-10-15(22(24)27)13-6-3-4-7-14(13)17/h3-12H,1-2H3,(H2,24,27)(H,28,29). The molecule has 0 spiro atoms. The number of carboxylic acid groups (broad SMARTS) is 1. The van der Waals surface area contributed by atoms with Crippen LogP contribution in [0.25, 0.3) is 27.7 Å². The molecule has 0 radical (unpaired) electrons. The van der Waals surface area contributed by atoms with E-state index in [-0.39, 0.29) is 5.69 Å². The molecule has 0 saturated carbocycles. The number of benzene rings is 3. The van der Waals surface area contributed by atoms with Crippen LogP contribution in [0.1, 0.15) is 20.8 Å². The van der Waals surface area contributed by atoms with Gasteiger partial charge in [-0.1, -0.05) is 30.3 Å². The molecule has 8 heteroatoms. The lowest BCUT2D eigenvalue weighted by molar-refractivity contribution is 0.0689. The number of ether oxygens (including phenoxy) is 2. The summed E-state index contributed by atoms with van der Waals surface area (Å²) in [7, 11) is 3.04. The number of aromatic carboxylic acids is 1. The zero-order chi connectivity index (χ0) is 22.1. The van der Waals surface area contributed by atoms with Gasteiger partial charge >= 0.3 is 5.97 Å². The summed E-state index contributed by atoms with van der Waals surface area (Å²) in [5.41, 5.74) is 7.35. The number of rotatable bonds is 6. The molecule has 0 unspecified atom stereocenters. The van der Waals surface area contributed by atoms with Crippen LogP contribution in [-0.2, 0) is 0 Å². The first-order valence-corrected chi connectivity index (χ1v) is 9.33. The Bertz CT molecular complexity index is 1300. The fraction of sp³-hybridized carbons (Fsp3) is 0.0870. The van der Waals surface area contributed by atoms with Crippen molar-refractivity contribution in [3.8, 4) is 28.4 Å². The molecule has 0 bridgehead atoms. The number of aromatic nitrogens is 2. The second-order valence-corrected chi connectivity index (χ2v) is 6.71. The van der Waals surface area contributed by atoms with Crippen molar-refractivity contribution < 1.29 is 24.2 Å². The molecule has 0 aliphatic rings. The van der Waals surface area contributed by atoms with Gasteiger partial charge in [-0.05, 0) is 35.7 Å². The van der Waals surface area contributed by atoms with Crippen LogP contribution in [0.2, 0.25) is 0 Å². The fourth-order valence-electron chi connectivity index (χ4n) is 3.63. The van der Waals surface area contributed by atoms with E-state index in [2.05, 4.69) is 5.10 Å². The van der Waals surface area contributed by atoms with Gasteiger partial charge in [0.1, 0.15) is 11.5 Å². The topological polar surface area (TPSA) is 117 Å². The minimum atomic E-state index is -1.17. The molecule has 0 fully saturated rings. The minimum absolute atomic E-state index is 0.147. The number of carbonyl (C=O) groups is 2. The smallest absolute Gasteiger partial charge is 0.356 e. The van der Waals surface area contributed by atoms with Gasteiger partial charge in [0.2, 0.25) is 5.91 Å². The van der Waals surface area contributed by atoms with Crippen molar-refractivity contribution in [3.63, 3.8) is 0 Å². The second-order valence-electron chi connectivity index (χ2n) is 6.71. The minimum Gasteiger partial charge on any atom is -0.496 e. The average Bonchev–Trinajstić information content (AvgIpc) is 3.22. The number of carboxylic acids is 1. The molecule has 4 aromatic rings. The Balaban J connectivity index is 2.09. The van der Waals surface area contributed by atoms with Crippen molar-refractivity contribution in [1.82, 2.24) is 9.78 Å². The third-order valence-electron chi connectivity index (χ3n) is 5.01. The molecule has 4 rings (SSSR count). The lowest BCUT2D eigenvalue weighted by Gasteiger charge is -2.16. The normalized spacial score (nSPS) is 10.8. The van der Waals surface area contributed by atoms with Gasteiger partial charge < -0.3 is 20.3 Å². The third kappa shape index (κ3) is 3.33. The largest absolute Gasteiger partial charge is 0.496 e. The molecular formula is C23H19N3O5. The highest BCUT2D eigenvalue weighted by molar-refractivity contribution is 6.08. The van der Waals surface area contributed by atoms with Gasteiger partial charge in [-0.3, -0.25) is 4.79 Å². The maximum absolute atomic E-state index is 11.9. The SMILES string of the molecule is COc1cccc(OC)c1-c1cc(C(=O)O)nn1-c1ccc(C(N)=O)c2ccccc12. The van der Waals surface area contributed by atoms with Gasteiger partial charge in [-0.2, -0.15) is 5.10 Å². The Labute approximate surface area is 177 Å². The van der Waals surface area contributed by atoms with Crippen LogP contribution in [0.15, 0.2) is 60.7 Å². The van der Waals surface area contributed by atoms with Gasteiger partial charge in [0.25, 0.3) is 0 Å². The molecule has 3 aromatic carbocycles. The Morgan fingerprint density at radius 2 is 1.58 bits per heavy atom. The van der Waals surface area contributed by atoms with Crippen molar-refractivity contribution in [1.29, 1.82) is 0 Å². The number of primary amides is 1. The Kier molecular flexibility index (Phi) is 5.04. The van der Waals surface area contributed by atoms with Gasteiger partial charge in [-0.15, -0.1) is 0 Å². The lowest BCUT2D eigenvalue weighted by atomic mass is 10.0. The Morgan fingerprint density at radius 3 is 2.16 bits per heavy atom. The van der Waals surface area contributed by atoms with Crippen molar-refractivity contribution >= 4 is 22.6 Å². The summed E-state index contributed by atoms with van der Waals surface area (Å²) in [6.45, 7) is 0. The van der Waals surface area contributed by atoms with Crippen LogP contribution in [0.5, 0.6) is 11.5 Å². The first-order chi connectivity index (χ1) is 15.0. The zero-order valence-corrected chi connectivity index (χ0v) is 16.8. The number of hydrogen-bond acceptors (Lipinski definition) is 5. The summed E-state index contributed by atoms with van der Waals surface area (Å²) in [5, 5.41) is 15.2. The molecule has 1 aromatic heterocycles. The van der Waals surface area contributed by atoms with Gasteiger partial charge in [0.15, 0.2) is 5.69 Å². The van der Waals surface area contributed by atoms with E-state index < -0.39 is 11.9 Å². The van der Waals surface area contributed by atoms with E-state index in [1.807, 2.05) is 12.1 Å². The summed E-state index contributed by atoms with van der Waals surface area (Å²) >= 11 is 0. The number of nitrogens with two attached hydrogens (primary N) is 1. The maximum Gasteiger partial charge on any atom is 0.356 e. The fourth-order valence-corrected chi connectivity index (χ4v) is 3.63. The van der Waals surface area contributed by atoms with Gasteiger partial charge in [-0.25, -0.2) is 9.48 Å². The van der Waals surface area contributed by atoms with Gasteiger partial charge in [0.05, 0.1) is 31.2 Å². The monoisotopic (exact) mass is 417 g/mol. The summed E-state index contributed by atoms with van der Waals surface area (Å²) in [5.74, 6) is -0.737. The van der Waals surface area contributed by atoms with Crippen molar-refractivity contribution in [3.05, 3.63) is 71.9 Å². The van der Waals surface area contributed by atoms with E-state index in [1.165, 1.54) is 25.0 Å². The molecule has 1 amide bonds. The molecule has 31 heavy (non-hydrogen) atoms. The molecule has 156 valence electrons. The highest BCUT2D eigenvalue weighted by atomic mass is 16.5. The number of carbonyl (C=O) groups excluding carboxylic acids is 1. The van der Waals surface area contributed by atoms with Crippen molar-refractivity contribution in [2.75, 3.05) is 14.2 Å². The molecule has 0 atom stereocenters. The average molecular weight is 417 g/mol. The maximum atomic E-state index is 11.9. The molecular weight excluding hydrogens is 398 g/mol. The highest BCUT2D eigenvalue weighted by Crippen LogP contribution is 2.40. The van der Waals surface area contributed by atoms with E-state index in [1.54, 1.807) is 42.5 Å². The molecule has 8 nitrogen and oxygen atoms in total. The summed E-state index contributed by atoms with van der Waals surface area (Å²) in [4.78, 5) is 23.6. The molecule has 3 N–H and O–H groups in total. The number of hydrogen-bond donors (Lipinski definition) is 2. The van der Waals surface area contributed by atoms with Crippen LogP contribution in [-0.4, -0.2) is 41.0 Å². The van der Waals surface area contributed by atoms with Crippen LogP contribution in [0, 0.1) is 0 Å². The van der Waals surface area contributed by atoms with E-state index in [0.29, 0.717) is 44.8 Å². The Hall–Kier alpha value is -4.33. The quantitative estimate of drug-likeness (QED) is 0.496. The van der Waals surface area contributed by atoms with Crippen molar-refractivity contribution in [2.24, 2.45) is 5.73 Å². The van der Waals surface area contributed by atoms with E-state index in [9.17, 15) is 14.7 Å². The molecule has 0 saturated heterocycles. The van der Waals surface area contributed by atoms with Gasteiger partial charge in [0, 0.05) is 10.9 Å². The summed E-state index contributed by atoms with van der Waals surface area (Å²) in [6, 6.07) is 17.3. The first-order valence-electron chi connectivity index (χ1n) is 9.33. The number of fused-ring (bicyclic) bond motifs is 1. The number of nitrogens with zero attached hydrogens (tertiary/aromatic N) is 2. The molecule has 0 aliphatic heterocycles. The van der Waals surface area contributed by atoms with Crippen LogP contribution < -0.4 is 15.2 Å². The molecule has 1 heterocycles. The molecule has 0 aliphatic carbocycles. The zero-order valence-electron chi connectivity index (χ0n) is 16.8. The highest BCUT2D eigenvalue weighted by Gasteiger charge is 2.23. The first kappa shape index (κ1) is 20.0. The number of methoxy groups -OCH3 is 2. The van der Waals surface area contributed by atoms with Crippen molar-refractivity contribution in [2.45, 2.75) is 0 Å². The Morgan fingerprint density at radius 1 is 0.935 bits per heavy atom.